The molecule has 1 heterocycles. The van der Waals surface area contributed by atoms with Crippen molar-refractivity contribution in [1.29, 1.82) is 0 Å². The number of alkyl halides is 2. The monoisotopic (exact) mass is 344 g/mol. The van der Waals surface area contributed by atoms with Crippen LogP contribution in [-0.2, 0) is 4.74 Å². The van der Waals surface area contributed by atoms with Crippen LogP contribution in [-0.4, -0.2) is 20.9 Å². The van der Waals surface area contributed by atoms with Crippen LogP contribution in [0.15, 0.2) is 11.6 Å². The van der Waals surface area contributed by atoms with Gasteiger partial charge < -0.3 is 4.74 Å². The first-order valence-corrected chi connectivity index (χ1v) is 6.85. The number of ether oxygens (including phenoxy) is 1. The van der Waals surface area contributed by atoms with Crippen LogP contribution in [0.4, 0.5) is 0 Å². The lowest BCUT2D eigenvalue weighted by molar-refractivity contribution is -0.129. The van der Waals surface area contributed by atoms with E-state index >= 15 is 0 Å². The van der Waals surface area contributed by atoms with E-state index in [0.29, 0.717) is 4.83 Å². The second-order valence-corrected chi connectivity index (χ2v) is 6.82. The van der Waals surface area contributed by atoms with E-state index in [0.717, 1.165) is 6.42 Å². The molecular weight excluding hydrogens is 331 g/mol. The number of hydrogen-bond acceptors (Lipinski definition) is 1. The molecule has 0 aliphatic carbocycles. The summed E-state index contributed by atoms with van der Waals surface area (Å²) < 4.78 is 6.06. The smallest absolute Gasteiger partial charge is 0.0978 e. The van der Waals surface area contributed by atoms with Gasteiger partial charge in [0.25, 0.3) is 0 Å². The average molecular weight is 346 g/mol. The molecule has 0 radical (unpaired) electrons. The zero-order valence-electron chi connectivity index (χ0n) is 8.56. The Morgan fingerprint density at radius 2 is 1.86 bits per heavy atom. The van der Waals surface area contributed by atoms with Gasteiger partial charge in [0.05, 0.1) is 11.2 Å². The fourth-order valence-corrected chi connectivity index (χ4v) is 3.50. The van der Waals surface area contributed by atoms with Crippen molar-refractivity contribution in [3.63, 3.8) is 0 Å². The van der Waals surface area contributed by atoms with Gasteiger partial charge in [0.15, 0.2) is 0 Å². The molecule has 1 unspecified atom stereocenters. The molecule has 0 spiro atoms. The Hall–Kier alpha value is 0.950. The Morgan fingerprint density at radius 3 is 2.36 bits per heavy atom. The van der Waals surface area contributed by atoms with Crippen LogP contribution in [0.25, 0.3) is 0 Å². The first kappa shape index (κ1) is 13.0. The Morgan fingerprint density at radius 1 is 1.29 bits per heavy atom. The standard InChI is InChI=1S/C10H15Br2ClO/c1-9(2)7(11)6-8(12)10(3,14-9)4-5-13/h4-5,7-8H,6H2,1-3H3/b5-4+/t7-,8-,10?/m0/s1. The van der Waals surface area contributed by atoms with Crippen molar-refractivity contribution >= 4 is 43.5 Å². The fourth-order valence-electron chi connectivity index (χ4n) is 1.66. The minimum absolute atomic E-state index is 0.171. The number of rotatable bonds is 1. The van der Waals surface area contributed by atoms with Crippen molar-refractivity contribution in [3.8, 4) is 0 Å². The van der Waals surface area contributed by atoms with Gasteiger partial charge >= 0.3 is 0 Å². The lowest BCUT2D eigenvalue weighted by Crippen LogP contribution is -2.54. The second-order valence-electron chi connectivity index (χ2n) is 4.35. The summed E-state index contributed by atoms with van der Waals surface area (Å²) in [7, 11) is 0. The predicted molar refractivity (Wildman–Crippen MR) is 68.6 cm³/mol. The van der Waals surface area contributed by atoms with Gasteiger partial charge in [0.2, 0.25) is 0 Å². The highest BCUT2D eigenvalue weighted by Gasteiger charge is 2.46. The quantitative estimate of drug-likeness (QED) is 0.646. The maximum absolute atomic E-state index is 6.06. The zero-order valence-corrected chi connectivity index (χ0v) is 12.5. The van der Waals surface area contributed by atoms with Crippen molar-refractivity contribution in [2.24, 2.45) is 0 Å². The summed E-state index contributed by atoms with van der Waals surface area (Å²) in [4.78, 5) is 0.638. The molecule has 0 N–H and O–H groups in total. The Kier molecular flexibility index (Phi) is 4.13. The number of halogens is 3. The zero-order chi connectivity index (χ0) is 11.0. The van der Waals surface area contributed by atoms with Gasteiger partial charge in [-0.2, -0.15) is 0 Å². The van der Waals surface area contributed by atoms with Crippen molar-refractivity contribution in [2.45, 2.75) is 48.0 Å². The van der Waals surface area contributed by atoms with Gasteiger partial charge in [0, 0.05) is 15.2 Å². The van der Waals surface area contributed by atoms with E-state index in [1.54, 1.807) is 0 Å². The first-order chi connectivity index (χ1) is 6.32. The molecule has 1 aliphatic heterocycles. The summed E-state index contributed by atoms with van der Waals surface area (Å²) in [5.41, 5.74) is 1.03. The molecule has 1 aliphatic rings. The number of hydrogen-bond donors (Lipinski definition) is 0. The average Bonchev–Trinajstić information content (AvgIpc) is 2.01. The van der Waals surface area contributed by atoms with E-state index in [4.69, 9.17) is 16.3 Å². The van der Waals surface area contributed by atoms with Gasteiger partial charge in [-0.15, -0.1) is 0 Å². The molecule has 0 aromatic heterocycles. The first-order valence-electron chi connectivity index (χ1n) is 4.58. The van der Waals surface area contributed by atoms with E-state index in [2.05, 4.69) is 45.7 Å². The highest BCUT2D eigenvalue weighted by Crippen LogP contribution is 2.43. The van der Waals surface area contributed by atoms with Crippen LogP contribution in [0.1, 0.15) is 27.2 Å². The summed E-state index contributed by atoms with van der Waals surface area (Å²) in [6.45, 7) is 6.23. The highest BCUT2D eigenvalue weighted by molar-refractivity contribution is 9.10. The van der Waals surface area contributed by atoms with Crippen LogP contribution in [0.5, 0.6) is 0 Å². The van der Waals surface area contributed by atoms with Crippen LogP contribution in [0.3, 0.4) is 0 Å². The Bertz CT molecular complexity index is 242. The third-order valence-corrected chi connectivity index (χ3v) is 5.55. The molecule has 14 heavy (non-hydrogen) atoms. The van der Waals surface area contributed by atoms with Gasteiger partial charge in [-0.1, -0.05) is 43.5 Å². The van der Waals surface area contributed by atoms with Crippen LogP contribution < -0.4 is 0 Å². The van der Waals surface area contributed by atoms with Gasteiger partial charge in [-0.05, 0) is 33.3 Å². The van der Waals surface area contributed by atoms with Gasteiger partial charge in [-0.3, -0.25) is 0 Å². The highest BCUT2D eigenvalue weighted by atomic mass is 79.9. The minimum Gasteiger partial charge on any atom is -0.363 e. The largest absolute Gasteiger partial charge is 0.363 e. The van der Waals surface area contributed by atoms with Crippen LogP contribution >= 0.6 is 43.5 Å². The van der Waals surface area contributed by atoms with Crippen molar-refractivity contribution in [2.75, 3.05) is 0 Å². The van der Waals surface area contributed by atoms with E-state index in [1.165, 1.54) is 5.54 Å². The van der Waals surface area contributed by atoms with Crippen LogP contribution in [0, 0.1) is 0 Å². The molecule has 3 atom stereocenters. The molecule has 1 rings (SSSR count). The third kappa shape index (κ3) is 2.55. The Balaban J connectivity index is 2.89. The van der Waals surface area contributed by atoms with E-state index in [9.17, 15) is 0 Å². The fraction of sp³-hybridized carbons (Fsp3) is 0.800. The summed E-state index contributed by atoms with van der Waals surface area (Å²) in [6.07, 6.45) is 2.92. The van der Waals surface area contributed by atoms with Crippen molar-refractivity contribution < 1.29 is 4.74 Å². The van der Waals surface area contributed by atoms with E-state index < -0.39 is 0 Å². The summed E-state index contributed by atoms with van der Waals surface area (Å²) >= 11 is 12.9. The summed E-state index contributed by atoms with van der Waals surface area (Å²) in [5, 5.41) is 0. The maximum atomic E-state index is 6.06. The maximum Gasteiger partial charge on any atom is 0.0978 e. The molecule has 0 aromatic carbocycles. The second kappa shape index (κ2) is 4.44. The van der Waals surface area contributed by atoms with Crippen molar-refractivity contribution in [3.05, 3.63) is 11.6 Å². The molecule has 1 nitrogen and oxygen atoms in total. The molecule has 1 fully saturated rings. The third-order valence-electron chi connectivity index (χ3n) is 2.67. The summed E-state index contributed by atoms with van der Waals surface area (Å²) in [5.74, 6) is 0. The minimum atomic E-state index is -0.324. The van der Waals surface area contributed by atoms with E-state index in [-0.39, 0.29) is 16.0 Å². The molecule has 0 amide bonds. The molecule has 1 saturated heterocycles. The molecule has 0 bridgehead atoms. The normalized spacial score (nSPS) is 43.0. The Labute approximate surface area is 107 Å². The van der Waals surface area contributed by atoms with E-state index in [1.807, 2.05) is 13.0 Å². The molecule has 0 aromatic rings. The molecule has 0 saturated carbocycles. The van der Waals surface area contributed by atoms with Gasteiger partial charge in [0.1, 0.15) is 0 Å². The topological polar surface area (TPSA) is 9.23 Å². The lowest BCUT2D eigenvalue weighted by atomic mass is 9.88. The van der Waals surface area contributed by atoms with Crippen LogP contribution in [0.2, 0.25) is 0 Å². The molecule has 4 heteroatoms. The van der Waals surface area contributed by atoms with Gasteiger partial charge in [-0.25, -0.2) is 0 Å². The lowest BCUT2D eigenvalue weighted by Gasteiger charge is -2.48. The molecular formula is C10H15Br2ClO. The summed E-state index contributed by atoms with van der Waals surface area (Å²) in [6, 6.07) is 0. The molecule has 82 valence electrons. The SMILES string of the molecule is CC1(C)OC(C)(/C=C/Cl)[C@@H](Br)C[C@@H]1Br. The van der Waals surface area contributed by atoms with Crippen molar-refractivity contribution in [1.82, 2.24) is 0 Å². The predicted octanol–water partition coefficient (Wildman–Crippen LogP) is 4.22.